The molecule has 4 saturated heterocycles. The number of piperidine rings is 2. The number of benzene rings is 1. The number of hydrogen-bond donors (Lipinski definition) is 0. The Kier molecular flexibility index (Phi) is 6.16. The maximum Gasteiger partial charge on any atom is 0.339 e. The van der Waals surface area contributed by atoms with Gasteiger partial charge in [0.05, 0.1) is 21.2 Å². The average Bonchev–Trinajstić information content (AvgIpc) is 3.09. The minimum atomic E-state index is -0.534. The molecule has 4 bridgehead atoms. The van der Waals surface area contributed by atoms with E-state index < -0.39 is 11.9 Å². The first-order valence-electron chi connectivity index (χ1n) is 11.6. The Morgan fingerprint density at radius 1 is 0.719 bits per heavy atom. The van der Waals surface area contributed by atoms with Gasteiger partial charge in [0.2, 0.25) is 0 Å². The standard InChI is InChI=1S/C24H30Cl2N2O4/c1-27-13-3-4-14(27)8-17(7-13)31-23(29)19-11-21(25)22(26)12-20(19)24(30)32-18-9-15-5-6-16(10-18)28(15)2/h11-18H,3-10H2,1-2H3. The molecule has 5 rings (SSSR count). The zero-order chi connectivity index (χ0) is 22.6. The SMILES string of the molecule is CN1C2CCC1CC(OC(=O)c1cc(Cl)c(Cl)cc1C(=O)OC1CC3CCC(C1)N3C)C2. The largest absolute Gasteiger partial charge is 0.459 e. The summed E-state index contributed by atoms with van der Waals surface area (Å²) in [5.41, 5.74) is 0.262. The summed E-state index contributed by atoms with van der Waals surface area (Å²) in [6, 6.07) is 4.67. The van der Waals surface area contributed by atoms with Crippen molar-refractivity contribution in [3.05, 3.63) is 33.3 Å². The monoisotopic (exact) mass is 480 g/mol. The molecule has 1 aromatic carbocycles. The Balaban J connectivity index is 1.31. The smallest absolute Gasteiger partial charge is 0.339 e. The van der Waals surface area contributed by atoms with Crippen LogP contribution >= 0.6 is 23.2 Å². The van der Waals surface area contributed by atoms with Crippen molar-refractivity contribution in [2.75, 3.05) is 14.1 Å². The van der Waals surface area contributed by atoms with Gasteiger partial charge in [-0.25, -0.2) is 9.59 Å². The molecule has 8 heteroatoms. The van der Waals surface area contributed by atoms with Gasteiger partial charge < -0.3 is 19.3 Å². The van der Waals surface area contributed by atoms with E-state index in [0.717, 1.165) is 51.4 Å². The summed E-state index contributed by atoms with van der Waals surface area (Å²) < 4.78 is 11.7. The second-order valence-corrected chi connectivity index (χ2v) is 10.7. The van der Waals surface area contributed by atoms with Crippen molar-refractivity contribution in [3.63, 3.8) is 0 Å². The number of rotatable bonds is 4. The lowest BCUT2D eigenvalue weighted by molar-refractivity contribution is -0.00441. The van der Waals surface area contributed by atoms with Crippen LogP contribution in [0.5, 0.6) is 0 Å². The molecule has 4 atom stereocenters. The fourth-order valence-electron chi connectivity index (χ4n) is 6.23. The molecule has 0 saturated carbocycles. The summed E-state index contributed by atoms with van der Waals surface area (Å²) in [5, 5.41) is 0.437. The fourth-order valence-corrected chi connectivity index (χ4v) is 6.56. The first kappa shape index (κ1) is 22.5. The molecule has 0 amide bonds. The van der Waals surface area contributed by atoms with Crippen molar-refractivity contribution in [2.24, 2.45) is 0 Å². The van der Waals surface area contributed by atoms with Crippen molar-refractivity contribution in [2.45, 2.75) is 87.7 Å². The van der Waals surface area contributed by atoms with E-state index in [-0.39, 0.29) is 33.4 Å². The third-order valence-electron chi connectivity index (χ3n) is 8.16. The van der Waals surface area contributed by atoms with Crippen LogP contribution in [-0.4, -0.2) is 72.2 Å². The van der Waals surface area contributed by atoms with Crippen LogP contribution in [0.15, 0.2) is 12.1 Å². The maximum absolute atomic E-state index is 13.1. The highest BCUT2D eigenvalue weighted by molar-refractivity contribution is 6.42. The molecule has 174 valence electrons. The van der Waals surface area contributed by atoms with E-state index in [0.29, 0.717) is 24.2 Å². The van der Waals surface area contributed by atoms with Crippen LogP contribution in [0.2, 0.25) is 10.0 Å². The number of esters is 2. The van der Waals surface area contributed by atoms with Crippen molar-refractivity contribution in [1.29, 1.82) is 0 Å². The lowest BCUT2D eigenvalue weighted by Gasteiger charge is -2.36. The Bertz CT molecular complexity index is 825. The van der Waals surface area contributed by atoms with E-state index in [1.54, 1.807) is 0 Å². The number of hydrogen-bond acceptors (Lipinski definition) is 6. The first-order valence-corrected chi connectivity index (χ1v) is 12.4. The van der Waals surface area contributed by atoms with Crippen LogP contribution < -0.4 is 0 Å². The van der Waals surface area contributed by atoms with Crippen LogP contribution in [0.1, 0.15) is 72.1 Å². The molecule has 0 N–H and O–H groups in total. The molecule has 0 aromatic heterocycles. The summed E-state index contributed by atoms with van der Waals surface area (Å²) >= 11 is 12.4. The molecule has 32 heavy (non-hydrogen) atoms. The Morgan fingerprint density at radius 3 is 1.34 bits per heavy atom. The van der Waals surface area contributed by atoms with Crippen molar-refractivity contribution >= 4 is 35.1 Å². The summed E-state index contributed by atoms with van der Waals surface area (Å²) in [6.45, 7) is 0. The molecule has 0 radical (unpaired) electrons. The second kappa shape index (κ2) is 8.79. The van der Waals surface area contributed by atoms with E-state index in [2.05, 4.69) is 23.9 Å². The highest BCUT2D eigenvalue weighted by Gasteiger charge is 2.41. The highest BCUT2D eigenvalue weighted by Crippen LogP contribution is 2.38. The quantitative estimate of drug-likeness (QED) is 0.588. The van der Waals surface area contributed by atoms with Gasteiger partial charge >= 0.3 is 11.9 Å². The van der Waals surface area contributed by atoms with Crippen LogP contribution in [0.4, 0.5) is 0 Å². The van der Waals surface area contributed by atoms with Crippen LogP contribution in [0, 0.1) is 0 Å². The molecule has 4 fully saturated rings. The number of ether oxygens (including phenoxy) is 2. The van der Waals surface area contributed by atoms with E-state index in [9.17, 15) is 9.59 Å². The van der Waals surface area contributed by atoms with Crippen molar-refractivity contribution in [1.82, 2.24) is 9.80 Å². The lowest BCUT2D eigenvalue weighted by Crippen LogP contribution is -2.43. The minimum Gasteiger partial charge on any atom is -0.459 e. The first-order chi connectivity index (χ1) is 15.3. The van der Waals surface area contributed by atoms with Crippen LogP contribution in [0.25, 0.3) is 0 Å². The zero-order valence-corrected chi connectivity index (χ0v) is 20.1. The van der Waals surface area contributed by atoms with Crippen LogP contribution in [0.3, 0.4) is 0 Å². The fraction of sp³-hybridized carbons (Fsp3) is 0.667. The van der Waals surface area contributed by atoms with Gasteiger partial charge in [-0.05, 0) is 51.9 Å². The summed E-state index contributed by atoms with van der Waals surface area (Å²) in [6.07, 6.45) is 7.51. The molecular formula is C24H30Cl2N2O4. The third-order valence-corrected chi connectivity index (χ3v) is 8.88. The molecule has 6 nitrogen and oxygen atoms in total. The molecule has 0 spiro atoms. The van der Waals surface area contributed by atoms with Gasteiger partial charge in [-0.3, -0.25) is 0 Å². The van der Waals surface area contributed by atoms with Gasteiger partial charge in [0.25, 0.3) is 0 Å². The maximum atomic E-state index is 13.1. The van der Waals surface area contributed by atoms with Crippen molar-refractivity contribution < 1.29 is 19.1 Å². The summed E-state index contributed by atoms with van der Waals surface area (Å²) in [5.74, 6) is -1.07. The Labute approximate surface area is 199 Å². The predicted octanol–water partition coefficient (Wildman–Crippen LogP) is 4.56. The molecule has 0 aliphatic carbocycles. The van der Waals surface area contributed by atoms with Gasteiger partial charge in [-0.15, -0.1) is 0 Å². The molecule has 4 aliphatic rings. The number of nitrogens with zero attached hydrogens (tertiary/aromatic N) is 2. The molecule has 1 aromatic rings. The van der Waals surface area contributed by atoms with Crippen LogP contribution in [-0.2, 0) is 9.47 Å². The molecule has 4 aliphatic heterocycles. The highest BCUT2D eigenvalue weighted by atomic mass is 35.5. The number of halogens is 2. The molecular weight excluding hydrogens is 451 g/mol. The van der Waals surface area contributed by atoms with Gasteiger partial charge in [-0.1, -0.05) is 23.2 Å². The van der Waals surface area contributed by atoms with E-state index in [1.165, 1.54) is 12.1 Å². The number of fused-ring (bicyclic) bond motifs is 4. The number of carbonyl (C=O) groups is 2. The summed E-state index contributed by atoms with van der Waals surface area (Å²) in [7, 11) is 4.28. The Morgan fingerprint density at radius 2 is 1.03 bits per heavy atom. The average molecular weight is 481 g/mol. The van der Waals surface area contributed by atoms with Gasteiger partial charge in [-0.2, -0.15) is 0 Å². The zero-order valence-electron chi connectivity index (χ0n) is 18.6. The molecule has 4 heterocycles. The second-order valence-electron chi connectivity index (χ2n) is 9.91. The molecule has 4 unspecified atom stereocenters. The van der Waals surface area contributed by atoms with Gasteiger partial charge in [0.1, 0.15) is 12.2 Å². The Hall–Kier alpha value is -1.34. The lowest BCUT2D eigenvalue weighted by atomic mass is 10.00. The summed E-state index contributed by atoms with van der Waals surface area (Å²) in [4.78, 5) is 31.0. The van der Waals surface area contributed by atoms with E-state index in [1.807, 2.05) is 0 Å². The minimum absolute atomic E-state index is 0.131. The number of carbonyl (C=O) groups excluding carboxylic acids is 2. The van der Waals surface area contributed by atoms with Gasteiger partial charge in [0, 0.05) is 49.9 Å². The van der Waals surface area contributed by atoms with E-state index >= 15 is 0 Å². The normalized spacial score (nSPS) is 34.5. The van der Waals surface area contributed by atoms with Gasteiger partial charge in [0.15, 0.2) is 0 Å². The third kappa shape index (κ3) is 4.15. The topological polar surface area (TPSA) is 59.1 Å². The van der Waals surface area contributed by atoms with Crippen molar-refractivity contribution in [3.8, 4) is 0 Å². The predicted molar refractivity (Wildman–Crippen MR) is 122 cm³/mol. The van der Waals surface area contributed by atoms with E-state index in [4.69, 9.17) is 32.7 Å².